The van der Waals surface area contributed by atoms with Crippen molar-refractivity contribution in [1.82, 2.24) is 5.32 Å². The van der Waals surface area contributed by atoms with Gasteiger partial charge >= 0.3 is 0 Å². The Morgan fingerprint density at radius 2 is 2.07 bits per heavy atom. The minimum absolute atomic E-state index is 0.0884. The van der Waals surface area contributed by atoms with E-state index in [2.05, 4.69) is 5.32 Å². The highest BCUT2D eigenvalue weighted by Gasteiger charge is 2.21. The molecule has 0 aliphatic rings. The molecule has 0 bridgehead atoms. The van der Waals surface area contributed by atoms with E-state index in [1.54, 1.807) is 7.11 Å². The molecule has 0 fully saturated rings. The minimum Gasteiger partial charge on any atom is -0.394 e. The third kappa shape index (κ3) is 6.32. The van der Waals surface area contributed by atoms with Crippen LogP contribution < -0.4 is 5.32 Å². The summed E-state index contributed by atoms with van der Waals surface area (Å²) in [5, 5.41) is 12.3. The minimum atomic E-state index is -0.318. The van der Waals surface area contributed by atoms with E-state index in [4.69, 9.17) is 14.6 Å². The molecule has 1 unspecified atom stereocenters. The Balaban J connectivity index is 3.51. The lowest BCUT2D eigenvalue weighted by Crippen LogP contribution is -2.49. The van der Waals surface area contributed by atoms with Crippen LogP contribution in [0.3, 0.4) is 0 Å². The molecule has 4 nitrogen and oxygen atoms in total. The van der Waals surface area contributed by atoms with E-state index in [1.165, 1.54) is 0 Å². The average molecular weight is 205 g/mol. The largest absolute Gasteiger partial charge is 0.394 e. The zero-order valence-electron chi connectivity index (χ0n) is 9.51. The summed E-state index contributed by atoms with van der Waals surface area (Å²) in [6.07, 6.45) is 0.893. The van der Waals surface area contributed by atoms with Gasteiger partial charge in [0.15, 0.2) is 0 Å². The summed E-state index contributed by atoms with van der Waals surface area (Å²) in [5.41, 5.74) is -0.318. The summed E-state index contributed by atoms with van der Waals surface area (Å²) in [5.74, 6) is 0. The molecule has 0 aliphatic heterocycles. The predicted molar refractivity (Wildman–Crippen MR) is 56.5 cm³/mol. The lowest BCUT2D eigenvalue weighted by atomic mass is 10.1. The van der Waals surface area contributed by atoms with Gasteiger partial charge in [0.2, 0.25) is 0 Å². The van der Waals surface area contributed by atoms with Crippen LogP contribution >= 0.6 is 0 Å². The van der Waals surface area contributed by atoms with Gasteiger partial charge in [-0.05, 0) is 19.9 Å². The van der Waals surface area contributed by atoms with E-state index in [0.29, 0.717) is 13.2 Å². The fourth-order valence-electron chi connectivity index (χ4n) is 1.18. The first kappa shape index (κ1) is 13.8. The SMILES string of the molecule is CCNC(C)(CO)COCCCOC. The van der Waals surface area contributed by atoms with Gasteiger partial charge in [-0.25, -0.2) is 0 Å². The second kappa shape index (κ2) is 8.17. The van der Waals surface area contributed by atoms with Gasteiger partial charge in [0.1, 0.15) is 0 Å². The maximum atomic E-state index is 9.15. The highest BCUT2D eigenvalue weighted by atomic mass is 16.5. The number of ether oxygens (including phenoxy) is 2. The molecule has 86 valence electrons. The van der Waals surface area contributed by atoms with Gasteiger partial charge in [0.05, 0.1) is 18.8 Å². The third-order valence-electron chi connectivity index (χ3n) is 2.01. The van der Waals surface area contributed by atoms with Crippen LogP contribution in [0.2, 0.25) is 0 Å². The molecule has 0 aliphatic carbocycles. The van der Waals surface area contributed by atoms with E-state index in [0.717, 1.165) is 19.6 Å². The molecule has 0 amide bonds. The van der Waals surface area contributed by atoms with Crippen molar-refractivity contribution in [3.63, 3.8) is 0 Å². The molecule has 0 rings (SSSR count). The fraction of sp³-hybridized carbons (Fsp3) is 1.00. The maximum Gasteiger partial charge on any atom is 0.0668 e. The van der Waals surface area contributed by atoms with E-state index in [1.807, 2.05) is 13.8 Å². The number of nitrogens with one attached hydrogen (secondary N) is 1. The van der Waals surface area contributed by atoms with Crippen molar-refractivity contribution in [3.8, 4) is 0 Å². The third-order valence-corrected chi connectivity index (χ3v) is 2.01. The van der Waals surface area contributed by atoms with Crippen LogP contribution in [-0.2, 0) is 9.47 Å². The van der Waals surface area contributed by atoms with Crippen LogP contribution in [0.5, 0.6) is 0 Å². The molecule has 14 heavy (non-hydrogen) atoms. The molecule has 1 atom stereocenters. The summed E-state index contributed by atoms with van der Waals surface area (Å²) in [7, 11) is 1.68. The van der Waals surface area contributed by atoms with Gasteiger partial charge in [0, 0.05) is 20.3 Å². The normalized spacial score (nSPS) is 15.4. The molecular weight excluding hydrogens is 182 g/mol. The zero-order valence-corrected chi connectivity index (χ0v) is 9.51. The Hall–Kier alpha value is -0.160. The van der Waals surface area contributed by atoms with Crippen molar-refractivity contribution in [2.45, 2.75) is 25.8 Å². The topological polar surface area (TPSA) is 50.7 Å². The monoisotopic (exact) mass is 205 g/mol. The summed E-state index contributed by atoms with van der Waals surface area (Å²) < 4.78 is 10.3. The Bertz CT molecular complexity index is 133. The number of aliphatic hydroxyl groups is 1. The van der Waals surface area contributed by atoms with E-state index >= 15 is 0 Å². The Labute approximate surface area is 86.6 Å². The van der Waals surface area contributed by atoms with Crippen molar-refractivity contribution in [2.75, 3.05) is 40.1 Å². The molecule has 0 saturated heterocycles. The lowest BCUT2D eigenvalue weighted by molar-refractivity contribution is 0.0362. The van der Waals surface area contributed by atoms with Gasteiger partial charge in [-0.3, -0.25) is 0 Å². The number of aliphatic hydroxyl groups excluding tert-OH is 1. The smallest absolute Gasteiger partial charge is 0.0668 e. The standard InChI is InChI=1S/C10H23NO3/c1-4-11-10(2,8-12)9-14-7-5-6-13-3/h11-12H,4-9H2,1-3H3. The van der Waals surface area contributed by atoms with Crippen molar-refractivity contribution in [1.29, 1.82) is 0 Å². The molecule has 4 heteroatoms. The van der Waals surface area contributed by atoms with Gasteiger partial charge in [-0.2, -0.15) is 0 Å². The van der Waals surface area contributed by atoms with Crippen molar-refractivity contribution < 1.29 is 14.6 Å². The highest BCUT2D eigenvalue weighted by molar-refractivity contribution is 4.81. The number of methoxy groups -OCH3 is 1. The molecule has 0 aromatic rings. The summed E-state index contributed by atoms with van der Waals surface area (Å²) in [6.45, 7) is 6.81. The molecule has 0 aromatic carbocycles. The highest BCUT2D eigenvalue weighted by Crippen LogP contribution is 2.03. The predicted octanol–water partition coefficient (Wildman–Crippen LogP) is 0.400. The molecule has 0 aromatic heterocycles. The molecule has 0 heterocycles. The Morgan fingerprint density at radius 1 is 1.36 bits per heavy atom. The summed E-state index contributed by atoms with van der Waals surface area (Å²) in [6, 6.07) is 0. The Kier molecular flexibility index (Phi) is 8.08. The number of likely N-dealkylation sites (N-methyl/N-ethyl adjacent to an activating group) is 1. The number of hydrogen-bond donors (Lipinski definition) is 2. The average Bonchev–Trinajstić information content (AvgIpc) is 2.18. The first-order valence-electron chi connectivity index (χ1n) is 5.11. The molecule has 0 spiro atoms. The quantitative estimate of drug-likeness (QED) is 0.535. The molecular formula is C10H23NO3. The van der Waals surface area contributed by atoms with Crippen LogP contribution in [-0.4, -0.2) is 50.7 Å². The van der Waals surface area contributed by atoms with Gasteiger partial charge in [0.25, 0.3) is 0 Å². The van der Waals surface area contributed by atoms with Gasteiger partial charge in [-0.15, -0.1) is 0 Å². The van der Waals surface area contributed by atoms with Crippen LogP contribution in [0.4, 0.5) is 0 Å². The van der Waals surface area contributed by atoms with Crippen LogP contribution in [0.15, 0.2) is 0 Å². The van der Waals surface area contributed by atoms with Crippen molar-refractivity contribution >= 4 is 0 Å². The van der Waals surface area contributed by atoms with E-state index < -0.39 is 0 Å². The van der Waals surface area contributed by atoms with Crippen LogP contribution in [0, 0.1) is 0 Å². The van der Waals surface area contributed by atoms with E-state index in [9.17, 15) is 0 Å². The zero-order chi connectivity index (χ0) is 10.9. The molecule has 0 radical (unpaired) electrons. The van der Waals surface area contributed by atoms with Crippen molar-refractivity contribution in [3.05, 3.63) is 0 Å². The molecule has 2 N–H and O–H groups in total. The lowest BCUT2D eigenvalue weighted by Gasteiger charge is -2.27. The van der Waals surface area contributed by atoms with Crippen LogP contribution in [0.25, 0.3) is 0 Å². The first-order valence-corrected chi connectivity index (χ1v) is 5.11. The summed E-state index contributed by atoms with van der Waals surface area (Å²) >= 11 is 0. The van der Waals surface area contributed by atoms with Crippen molar-refractivity contribution in [2.24, 2.45) is 0 Å². The number of hydrogen-bond acceptors (Lipinski definition) is 4. The van der Waals surface area contributed by atoms with E-state index in [-0.39, 0.29) is 12.1 Å². The second-order valence-corrected chi connectivity index (χ2v) is 3.65. The van der Waals surface area contributed by atoms with Crippen LogP contribution in [0.1, 0.15) is 20.3 Å². The van der Waals surface area contributed by atoms with Gasteiger partial charge in [-0.1, -0.05) is 6.92 Å². The fourth-order valence-corrected chi connectivity index (χ4v) is 1.18. The number of rotatable bonds is 9. The second-order valence-electron chi connectivity index (χ2n) is 3.65. The summed E-state index contributed by atoms with van der Waals surface area (Å²) in [4.78, 5) is 0. The Morgan fingerprint density at radius 3 is 2.57 bits per heavy atom. The first-order chi connectivity index (χ1) is 6.68. The van der Waals surface area contributed by atoms with Gasteiger partial charge < -0.3 is 19.9 Å². The molecule has 0 saturated carbocycles. The maximum absolute atomic E-state index is 9.15.